The van der Waals surface area contributed by atoms with Crippen molar-refractivity contribution in [1.82, 2.24) is 9.88 Å². The Labute approximate surface area is 104 Å². The number of aryl methyl sites for hydroxylation is 2. The second kappa shape index (κ2) is 5.98. The summed E-state index contributed by atoms with van der Waals surface area (Å²) in [5.41, 5.74) is 9.24. The van der Waals surface area contributed by atoms with Crippen LogP contribution in [0.3, 0.4) is 0 Å². The molecular formula is C13H24N4. The molecule has 0 aliphatic rings. The van der Waals surface area contributed by atoms with Gasteiger partial charge in [0.25, 0.3) is 0 Å². The van der Waals surface area contributed by atoms with Crippen LogP contribution in [0.15, 0.2) is 6.07 Å². The van der Waals surface area contributed by atoms with Crippen molar-refractivity contribution in [3.05, 3.63) is 22.9 Å². The molecule has 0 fully saturated rings. The first kappa shape index (κ1) is 13.9. The summed E-state index contributed by atoms with van der Waals surface area (Å²) in [6.45, 7) is 6.63. The van der Waals surface area contributed by atoms with Crippen LogP contribution >= 0.6 is 0 Å². The molecule has 0 unspecified atom stereocenters. The Morgan fingerprint density at radius 1 is 1.18 bits per heavy atom. The molecule has 17 heavy (non-hydrogen) atoms. The first-order valence-corrected chi connectivity index (χ1v) is 5.98. The maximum atomic E-state index is 5.82. The highest BCUT2D eigenvalue weighted by Crippen LogP contribution is 2.20. The molecule has 1 heterocycles. The molecule has 96 valence electrons. The quantitative estimate of drug-likeness (QED) is 0.833. The number of pyridine rings is 1. The number of hydrogen-bond acceptors (Lipinski definition) is 4. The molecule has 0 aliphatic carbocycles. The van der Waals surface area contributed by atoms with Gasteiger partial charge in [-0.2, -0.15) is 0 Å². The van der Waals surface area contributed by atoms with Gasteiger partial charge in [0.15, 0.2) is 0 Å². The number of rotatable bonds is 5. The fourth-order valence-corrected chi connectivity index (χ4v) is 1.87. The van der Waals surface area contributed by atoms with Crippen LogP contribution in [0.2, 0.25) is 0 Å². The normalized spacial score (nSPS) is 11.0. The predicted octanol–water partition coefficient (Wildman–Crippen LogP) is 1.15. The van der Waals surface area contributed by atoms with E-state index in [1.165, 1.54) is 5.56 Å². The van der Waals surface area contributed by atoms with Crippen LogP contribution in [-0.4, -0.2) is 44.1 Å². The Morgan fingerprint density at radius 3 is 2.35 bits per heavy atom. The van der Waals surface area contributed by atoms with Crippen molar-refractivity contribution in [3.8, 4) is 0 Å². The van der Waals surface area contributed by atoms with Crippen molar-refractivity contribution in [3.63, 3.8) is 0 Å². The predicted molar refractivity (Wildman–Crippen MR) is 73.4 cm³/mol. The second-order valence-electron chi connectivity index (χ2n) is 4.81. The lowest BCUT2D eigenvalue weighted by molar-refractivity contribution is 0.416. The van der Waals surface area contributed by atoms with Gasteiger partial charge in [-0.3, -0.25) is 0 Å². The zero-order chi connectivity index (χ0) is 13.0. The van der Waals surface area contributed by atoms with Crippen LogP contribution in [0.4, 0.5) is 5.82 Å². The van der Waals surface area contributed by atoms with E-state index in [9.17, 15) is 0 Å². The SMILES string of the molecule is Cc1cc(C)c(CN)c(N(C)CCN(C)C)n1. The largest absolute Gasteiger partial charge is 0.358 e. The van der Waals surface area contributed by atoms with E-state index in [2.05, 4.69) is 48.9 Å². The minimum atomic E-state index is 0.542. The molecule has 0 aliphatic heterocycles. The molecule has 4 heteroatoms. The van der Waals surface area contributed by atoms with E-state index in [1.54, 1.807) is 0 Å². The van der Waals surface area contributed by atoms with E-state index in [0.717, 1.165) is 30.2 Å². The smallest absolute Gasteiger partial charge is 0.133 e. The van der Waals surface area contributed by atoms with Gasteiger partial charge in [-0.05, 0) is 39.6 Å². The molecule has 2 N–H and O–H groups in total. The van der Waals surface area contributed by atoms with E-state index in [0.29, 0.717) is 6.54 Å². The molecule has 1 aromatic rings. The maximum Gasteiger partial charge on any atom is 0.133 e. The summed E-state index contributed by atoms with van der Waals surface area (Å²) in [6, 6.07) is 2.09. The first-order valence-electron chi connectivity index (χ1n) is 5.98. The fraction of sp³-hybridized carbons (Fsp3) is 0.615. The summed E-state index contributed by atoms with van der Waals surface area (Å²) in [7, 11) is 6.23. The lowest BCUT2D eigenvalue weighted by Crippen LogP contribution is -2.30. The van der Waals surface area contributed by atoms with Crippen molar-refractivity contribution in [2.45, 2.75) is 20.4 Å². The van der Waals surface area contributed by atoms with E-state index in [1.807, 2.05) is 6.92 Å². The molecule has 0 aromatic carbocycles. The molecule has 4 nitrogen and oxygen atoms in total. The number of nitrogens with two attached hydrogens (primary N) is 1. The van der Waals surface area contributed by atoms with Gasteiger partial charge in [0, 0.05) is 37.9 Å². The number of anilines is 1. The highest BCUT2D eigenvalue weighted by Gasteiger charge is 2.11. The van der Waals surface area contributed by atoms with Crippen LogP contribution < -0.4 is 10.6 Å². The van der Waals surface area contributed by atoms with Gasteiger partial charge in [-0.15, -0.1) is 0 Å². The molecule has 0 atom stereocenters. The zero-order valence-corrected chi connectivity index (χ0v) is 11.6. The van der Waals surface area contributed by atoms with Crippen molar-refractivity contribution >= 4 is 5.82 Å². The van der Waals surface area contributed by atoms with Crippen molar-refractivity contribution in [1.29, 1.82) is 0 Å². The fourth-order valence-electron chi connectivity index (χ4n) is 1.87. The zero-order valence-electron chi connectivity index (χ0n) is 11.6. The van der Waals surface area contributed by atoms with Crippen LogP contribution in [0, 0.1) is 13.8 Å². The van der Waals surface area contributed by atoms with Crippen molar-refractivity contribution < 1.29 is 0 Å². The topological polar surface area (TPSA) is 45.4 Å². The first-order chi connectivity index (χ1) is 7.95. The van der Waals surface area contributed by atoms with E-state index < -0.39 is 0 Å². The molecule has 0 bridgehead atoms. The van der Waals surface area contributed by atoms with Gasteiger partial charge >= 0.3 is 0 Å². The lowest BCUT2D eigenvalue weighted by atomic mass is 10.1. The second-order valence-corrected chi connectivity index (χ2v) is 4.81. The summed E-state index contributed by atoms with van der Waals surface area (Å²) in [4.78, 5) is 8.96. The van der Waals surface area contributed by atoms with Crippen molar-refractivity contribution in [2.75, 3.05) is 39.1 Å². The Morgan fingerprint density at radius 2 is 1.82 bits per heavy atom. The van der Waals surface area contributed by atoms with Crippen LogP contribution in [0.25, 0.3) is 0 Å². The highest BCUT2D eigenvalue weighted by molar-refractivity contribution is 5.51. The van der Waals surface area contributed by atoms with Crippen LogP contribution in [-0.2, 0) is 6.54 Å². The van der Waals surface area contributed by atoms with Gasteiger partial charge in [-0.25, -0.2) is 4.98 Å². The molecule has 1 aromatic heterocycles. The Kier molecular flexibility index (Phi) is 4.90. The molecule has 0 radical (unpaired) electrons. The summed E-state index contributed by atoms with van der Waals surface area (Å²) in [5.74, 6) is 1.02. The van der Waals surface area contributed by atoms with Gasteiger partial charge in [0.2, 0.25) is 0 Å². The van der Waals surface area contributed by atoms with Crippen LogP contribution in [0.1, 0.15) is 16.8 Å². The number of aromatic nitrogens is 1. The highest BCUT2D eigenvalue weighted by atomic mass is 15.2. The number of hydrogen-bond donors (Lipinski definition) is 1. The molecule has 1 rings (SSSR count). The van der Waals surface area contributed by atoms with Gasteiger partial charge in [0.1, 0.15) is 5.82 Å². The minimum Gasteiger partial charge on any atom is -0.358 e. The van der Waals surface area contributed by atoms with E-state index in [-0.39, 0.29) is 0 Å². The van der Waals surface area contributed by atoms with Gasteiger partial charge in [0.05, 0.1) is 0 Å². The van der Waals surface area contributed by atoms with E-state index in [4.69, 9.17) is 5.73 Å². The summed E-state index contributed by atoms with van der Waals surface area (Å²) < 4.78 is 0. The molecule has 0 saturated carbocycles. The molecule has 0 spiro atoms. The monoisotopic (exact) mass is 236 g/mol. The van der Waals surface area contributed by atoms with Gasteiger partial charge in [-0.1, -0.05) is 0 Å². The summed E-state index contributed by atoms with van der Waals surface area (Å²) in [6.07, 6.45) is 0. The Hall–Kier alpha value is -1.13. The maximum absolute atomic E-state index is 5.82. The Balaban J connectivity index is 2.95. The summed E-state index contributed by atoms with van der Waals surface area (Å²) in [5, 5.41) is 0. The van der Waals surface area contributed by atoms with E-state index >= 15 is 0 Å². The van der Waals surface area contributed by atoms with Crippen LogP contribution in [0.5, 0.6) is 0 Å². The number of nitrogens with zero attached hydrogens (tertiary/aromatic N) is 3. The average molecular weight is 236 g/mol. The number of likely N-dealkylation sites (N-methyl/N-ethyl adjacent to an activating group) is 2. The molecule has 0 saturated heterocycles. The van der Waals surface area contributed by atoms with Crippen molar-refractivity contribution in [2.24, 2.45) is 5.73 Å². The molecule has 0 amide bonds. The standard InChI is InChI=1S/C13H24N4/c1-10-8-11(2)15-13(12(10)9-14)17(5)7-6-16(3)4/h8H,6-7,9,14H2,1-5H3. The average Bonchev–Trinajstić information content (AvgIpc) is 2.24. The van der Waals surface area contributed by atoms with Gasteiger partial charge < -0.3 is 15.5 Å². The summed E-state index contributed by atoms with van der Waals surface area (Å²) >= 11 is 0. The third-order valence-electron chi connectivity index (χ3n) is 2.90. The lowest BCUT2D eigenvalue weighted by Gasteiger charge is -2.24. The molecular weight excluding hydrogens is 212 g/mol. The Bertz CT molecular complexity index is 374. The third-order valence-corrected chi connectivity index (χ3v) is 2.90. The minimum absolute atomic E-state index is 0.542. The third kappa shape index (κ3) is 3.68.